The molecule has 8 aromatic rings. The summed E-state index contributed by atoms with van der Waals surface area (Å²) in [5.74, 6) is 0. The third-order valence-corrected chi connectivity index (χ3v) is 11.6. The second-order valence-corrected chi connectivity index (χ2v) is 16.6. The zero-order valence-electron chi connectivity index (χ0n) is 30.1. The molecule has 51 heavy (non-hydrogen) atoms. The van der Waals surface area contributed by atoms with Gasteiger partial charge < -0.3 is 9.73 Å². The molecule has 0 bridgehead atoms. The van der Waals surface area contributed by atoms with Crippen LogP contribution in [0, 0.1) is 0 Å². The second-order valence-electron chi connectivity index (χ2n) is 16.6. The number of furan rings is 1. The van der Waals surface area contributed by atoms with E-state index in [1.165, 1.54) is 66.4 Å². The Balaban J connectivity index is 1.28. The van der Waals surface area contributed by atoms with Crippen LogP contribution >= 0.6 is 0 Å². The molecule has 0 unspecified atom stereocenters. The van der Waals surface area contributed by atoms with E-state index in [-0.39, 0.29) is 10.8 Å². The van der Waals surface area contributed by atoms with E-state index >= 15 is 0 Å². The summed E-state index contributed by atoms with van der Waals surface area (Å²) < 4.78 is 6.67. The van der Waals surface area contributed by atoms with E-state index in [4.69, 9.17) is 4.42 Å². The molecule has 2 aliphatic carbocycles. The van der Waals surface area contributed by atoms with Crippen LogP contribution < -0.4 is 5.32 Å². The summed E-state index contributed by atoms with van der Waals surface area (Å²) in [5.41, 5.74) is 16.8. The molecule has 0 saturated carbocycles. The zero-order valence-corrected chi connectivity index (χ0v) is 30.1. The van der Waals surface area contributed by atoms with Crippen molar-refractivity contribution in [3.05, 3.63) is 167 Å². The third-order valence-electron chi connectivity index (χ3n) is 11.6. The summed E-state index contributed by atoms with van der Waals surface area (Å²) in [5, 5.41) is 8.65. The van der Waals surface area contributed by atoms with Crippen LogP contribution in [0.1, 0.15) is 74.9 Å². The molecular weight excluding hydrogens is 619 g/mol. The molecule has 0 aliphatic heterocycles. The van der Waals surface area contributed by atoms with Crippen molar-refractivity contribution in [3.63, 3.8) is 0 Å². The largest absolute Gasteiger partial charge is 0.454 e. The van der Waals surface area contributed by atoms with Crippen LogP contribution in [-0.4, -0.2) is 0 Å². The monoisotopic (exact) mass is 659 g/mol. The maximum absolute atomic E-state index is 6.67. The van der Waals surface area contributed by atoms with Crippen molar-refractivity contribution in [1.29, 1.82) is 0 Å². The summed E-state index contributed by atoms with van der Waals surface area (Å²) in [7, 11) is 0. The Labute approximate surface area is 299 Å². The van der Waals surface area contributed by atoms with Crippen LogP contribution in [-0.2, 0) is 16.2 Å². The van der Waals surface area contributed by atoms with E-state index in [0.717, 1.165) is 33.3 Å². The standard InChI is InChI=1S/C49H41NO/c1-47(2,3)30-22-24-33-34-25-23-31(48(4,5)6)28-40(34)49(39(33)27-30)37-18-11-9-16-35(37)45-38(49)19-13-20-41(45)50-42-26-29-14-7-8-15-32(29)44-36-17-10-12-21-43(36)51-46(42)44/h7-28,50H,1-6H3. The fourth-order valence-electron chi connectivity index (χ4n) is 9.08. The Morgan fingerprint density at radius 3 is 1.80 bits per heavy atom. The number of nitrogens with one attached hydrogen (secondary N) is 1. The van der Waals surface area contributed by atoms with E-state index in [0.29, 0.717) is 0 Å². The van der Waals surface area contributed by atoms with Crippen LogP contribution in [0.4, 0.5) is 11.4 Å². The van der Waals surface area contributed by atoms with Gasteiger partial charge >= 0.3 is 0 Å². The molecule has 248 valence electrons. The average Bonchev–Trinajstić information content (AvgIpc) is 3.76. The first kappa shape index (κ1) is 30.2. The van der Waals surface area contributed by atoms with Gasteiger partial charge in [-0.05, 0) is 89.9 Å². The molecule has 7 aromatic carbocycles. The van der Waals surface area contributed by atoms with Gasteiger partial charge in [-0.2, -0.15) is 0 Å². The van der Waals surface area contributed by atoms with Crippen molar-refractivity contribution in [1.82, 2.24) is 0 Å². The minimum absolute atomic E-state index is 0.0138. The molecule has 2 nitrogen and oxygen atoms in total. The van der Waals surface area contributed by atoms with Crippen LogP contribution in [0.3, 0.4) is 0 Å². The van der Waals surface area contributed by atoms with Crippen LogP contribution in [0.25, 0.3) is 55.0 Å². The van der Waals surface area contributed by atoms with E-state index in [2.05, 4.69) is 174 Å². The lowest BCUT2D eigenvalue weighted by Gasteiger charge is -2.33. The molecule has 1 aromatic heterocycles. The summed E-state index contributed by atoms with van der Waals surface area (Å²) >= 11 is 0. The molecule has 0 fully saturated rings. The van der Waals surface area contributed by atoms with Gasteiger partial charge in [-0.15, -0.1) is 0 Å². The van der Waals surface area contributed by atoms with Crippen molar-refractivity contribution >= 4 is 44.1 Å². The predicted molar refractivity (Wildman–Crippen MR) is 215 cm³/mol. The molecule has 10 rings (SSSR count). The highest BCUT2D eigenvalue weighted by Gasteiger charge is 2.52. The summed E-state index contributed by atoms with van der Waals surface area (Å²) in [4.78, 5) is 0. The zero-order chi connectivity index (χ0) is 34.9. The Hall–Kier alpha value is -5.60. The van der Waals surface area contributed by atoms with Crippen molar-refractivity contribution in [2.75, 3.05) is 5.32 Å². The Bertz CT molecular complexity index is 2680. The number of fused-ring (bicyclic) bond motifs is 15. The topological polar surface area (TPSA) is 25.2 Å². The number of hydrogen-bond donors (Lipinski definition) is 1. The molecular formula is C49H41NO. The molecule has 1 spiro atoms. The van der Waals surface area contributed by atoms with Gasteiger partial charge in [0.1, 0.15) is 5.58 Å². The van der Waals surface area contributed by atoms with Gasteiger partial charge in [0.05, 0.1) is 11.1 Å². The van der Waals surface area contributed by atoms with Crippen molar-refractivity contribution in [2.24, 2.45) is 0 Å². The maximum Gasteiger partial charge on any atom is 0.159 e. The molecule has 2 heteroatoms. The number of anilines is 2. The molecule has 1 N–H and O–H groups in total. The molecule has 0 radical (unpaired) electrons. The van der Waals surface area contributed by atoms with Crippen molar-refractivity contribution < 1.29 is 4.42 Å². The second kappa shape index (κ2) is 10.2. The van der Waals surface area contributed by atoms with E-state index < -0.39 is 5.41 Å². The number of rotatable bonds is 2. The Morgan fingerprint density at radius 2 is 1.10 bits per heavy atom. The maximum atomic E-state index is 6.67. The predicted octanol–water partition coefficient (Wildman–Crippen LogP) is 13.4. The highest BCUT2D eigenvalue weighted by atomic mass is 16.3. The summed E-state index contributed by atoms with van der Waals surface area (Å²) in [6.45, 7) is 13.9. The van der Waals surface area contributed by atoms with Crippen molar-refractivity contribution in [3.8, 4) is 22.3 Å². The Kier molecular flexibility index (Phi) is 6.07. The third kappa shape index (κ3) is 4.11. The first-order valence-electron chi connectivity index (χ1n) is 18.2. The van der Waals surface area contributed by atoms with E-state index in [1.54, 1.807) is 0 Å². The number of hydrogen-bond acceptors (Lipinski definition) is 2. The lowest BCUT2D eigenvalue weighted by atomic mass is 9.69. The van der Waals surface area contributed by atoms with Gasteiger partial charge in [-0.25, -0.2) is 0 Å². The lowest BCUT2D eigenvalue weighted by molar-refractivity contribution is 0.586. The first-order chi connectivity index (χ1) is 24.5. The minimum atomic E-state index is -0.450. The van der Waals surface area contributed by atoms with Crippen molar-refractivity contribution in [2.45, 2.75) is 57.8 Å². The molecule has 1 heterocycles. The highest BCUT2D eigenvalue weighted by Crippen LogP contribution is 2.64. The van der Waals surface area contributed by atoms with Crippen LogP contribution in [0.5, 0.6) is 0 Å². The Morgan fingerprint density at radius 1 is 0.490 bits per heavy atom. The van der Waals surface area contributed by atoms with E-state index in [9.17, 15) is 0 Å². The van der Waals surface area contributed by atoms with Gasteiger partial charge in [-0.1, -0.05) is 157 Å². The highest BCUT2D eigenvalue weighted by molar-refractivity contribution is 6.22. The number of benzene rings is 7. The average molecular weight is 660 g/mol. The molecule has 0 atom stereocenters. The van der Waals surface area contributed by atoms with Gasteiger partial charge in [-0.3, -0.25) is 0 Å². The van der Waals surface area contributed by atoms with Crippen LogP contribution in [0.2, 0.25) is 0 Å². The van der Waals surface area contributed by atoms with Gasteiger partial charge in [0.2, 0.25) is 0 Å². The first-order valence-corrected chi connectivity index (χ1v) is 18.2. The van der Waals surface area contributed by atoms with Gasteiger partial charge in [0, 0.05) is 22.0 Å². The van der Waals surface area contributed by atoms with E-state index in [1.807, 2.05) is 6.07 Å². The summed E-state index contributed by atoms with van der Waals surface area (Å²) in [6.07, 6.45) is 0. The molecule has 2 aliphatic rings. The summed E-state index contributed by atoms with van der Waals surface area (Å²) in [6, 6.07) is 49.7. The fourth-order valence-corrected chi connectivity index (χ4v) is 9.08. The van der Waals surface area contributed by atoms with Gasteiger partial charge in [0.15, 0.2) is 5.58 Å². The SMILES string of the molecule is CC(C)(C)c1ccc2c(c1)C1(c3cc(C(C)(C)C)ccc3-2)c2ccccc2-c2c(Nc3cc4ccccc4c4c3oc3ccccc34)cccc21. The quantitative estimate of drug-likeness (QED) is 0.200. The lowest BCUT2D eigenvalue weighted by Crippen LogP contribution is -2.27. The van der Waals surface area contributed by atoms with Gasteiger partial charge in [0.25, 0.3) is 0 Å². The molecule has 0 saturated heterocycles. The fraction of sp³-hybridized carbons (Fsp3) is 0.184. The minimum Gasteiger partial charge on any atom is -0.454 e. The smallest absolute Gasteiger partial charge is 0.159 e. The number of para-hydroxylation sites is 1. The normalized spacial score (nSPS) is 14.2. The van der Waals surface area contributed by atoms with Crippen LogP contribution in [0.15, 0.2) is 138 Å². The molecule has 0 amide bonds.